The van der Waals surface area contributed by atoms with Crippen LogP contribution in [0.15, 0.2) is 16.3 Å². The first kappa shape index (κ1) is 13.4. The molecule has 1 aliphatic heterocycles. The highest BCUT2D eigenvalue weighted by Crippen LogP contribution is 2.29. The molecule has 0 aliphatic carbocycles. The number of rotatable bonds is 4. The molecule has 6 heteroatoms. The molecule has 0 bridgehead atoms. The Morgan fingerprint density at radius 3 is 2.67 bits per heavy atom. The molecule has 1 atom stereocenters. The van der Waals surface area contributed by atoms with Crippen molar-refractivity contribution >= 4 is 35.0 Å². The summed E-state index contributed by atoms with van der Waals surface area (Å²) >= 11 is 2.63. The van der Waals surface area contributed by atoms with Crippen molar-refractivity contribution in [3.8, 4) is 0 Å². The van der Waals surface area contributed by atoms with Crippen molar-refractivity contribution in [3.05, 3.63) is 16.3 Å². The molecule has 0 spiro atoms. The van der Waals surface area contributed by atoms with E-state index in [2.05, 4.69) is 0 Å². The van der Waals surface area contributed by atoms with E-state index in [1.54, 1.807) is 11.4 Å². The van der Waals surface area contributed by atoms with Crippen molar-refractivity contribution in [2.24, 2.45) is 0 Å². The zero-order valence-corrected chi connectivity index (χ0v) is 11.7. The lowest BCUT2D eigenvalue weighted by atomic mass is 10.4. The normalized spacial score (nSPS) is 16.8. The van der Waals surface area contributed by atoms with Crippen LogP contribution in [0.25, 0.3) is 0 Å². The van der Waals surface area contributed by atoms with Gasteiger partial charge in [0.1, 0.15) is 4.88 Å². The van der Waals surface area contributed by atoms with Gasteiger partial charge in [0.2, 0.25) is 5.91 Å². The zero-order valence-electron chi connectivity index (χ0n) is 10.1. The van der Waals surface area contributed by atoms with Crippen LogP contribution in [-0.4, -0.2) is 40.2 Å². The van der Waals surface area contributed by atoms with Crippen LogP contribution in [0, 0.1) is 0 Å². The molecule has 1 fully saturated rings. The first-order chi connectivity index (χ1) is 8.58. The van der Waals surface area contributed by atoms with E-state index in [4.69, 9.17) is 5.11 Å². The molecule has 0 saturated carbocycles. The summed E-state index contributed by atoms with van der Waals surface area (Å²) in [6.45, 7) is 3.59. The Hall–Kier alpha value is -1.01. The molecular formula is C12H15NO3S2. The minimum atomic E-state index is -0.912. The van der Waals surface area contributed by atoms with E-state index in [0.717, 1.165) is 30.8 Å². The summed E-state index contributed by atoms with van der Waals surface area (Å²) in [6.07, 6.45) is 2.18. The molecule has 4 nitrogen and oxygen atoms in total. The Kier molecular flexibility index (Phi) is 4.29. The lowest BCUT2D eigenvalue weighted by molar-refractivity contribution is -0.129. The number of hydrogen-bond donors (Lipinski definition) is 1. The highest BCUT2D eigenvalue weighted by Gasteiger charge is 2.24. The van der Waals surface area contributed by atoms with Crippen molar-refractivity contribution in [1.29, 1.82) is 0 Å². The molecule has 2 rings (SSSR count). The summed E-state index contributed by atoms with van der Waals surface area (Å²) in [6, 6.07) is 1.63. The highest BCUT2D eigenvalue weighted by atomic mass is 32.2. The van der Waals surface area contributed by atoms with Crippen molar-refractivity contribution in [3.63, 3.8) is 0 Å². The first-order valence-electron chi connectivity index (χ1n) is 5.85. The van der Waals surface area contributed by atoms with Gasteiger partial charge in [0.25, 0.3) is 0 Å². The first-order valence-corrected chi connectivity index (χ1v) is 7.61. The number of amides is 1. The van der Waals surface area contributed by atoms with Crippen molar-refractivity contribution in [2.75, 3.05) is 13.1 Å². The predicted octanol–water partition coefficient (Wildman–Crippen LogP) is 2.55. The Bertz CT molecular complexity index is 452. The number of hydrogen-bond acceptors (Lipinski definition) is 4. The Morgan fingerprint density at radius 1 is 1.44 bits per heavy atom. The maximum absolute atomic E-state index is 12.1. The fourth-order valence-electron chi connectivity index (χ4n) is 1.94. The van der Waals surface area contributed by atoms with E-state index in [1.807, 2.05) is 11.8 Å². The average Bonchev–Trinajstić information content (AvgIpc) is 2.98. The van der Waals surface area contributed by atoms with Gasteiger partial charge in [0.15, 0.2) is 0 Å². The van der Waals surface area contributed by atoms with Gasteiger partial charge in [0.05, 0.1) is 5.25 Å². The van der Waals surface area contributed by atoms with Crippen LogP contribution in [0.3, 0.4) is 0 Å². The van der Waals surface area contributed by atoms with Gasteiger partial charge in [-0.15, -0.1) is 23.1 Å². The van der Waals surface area contributed by atoms with E-state index >= 15 is 0 Å². The number of carbonyl (C=O) groups is 2. The molecule has 98 valence electrons. The number of nitrogens with zero attached hydrogens (tertiary/aromatic N) is 1. The summed E-state index contributed by atoms with van der Waals surface area (Å²) < 4.78 is 0. The van der Waals surface area contributed by atoms with E-state index < -0.39 is 5.97 Å². The van der Waals surface area contributed by atoms with Crippen LogP contribution in [0.2, 0.25) is 0 Å². The maximum Gasteiger partial charge on any atom is 0.345 e. The molecule has 1 saturated heterocycles. The summed E-state index contributed by atoms with van der Waals surface area (Å²) in [4.78, 5) is 25.9. The van der Waals surface area contributed by atoms with Gasteiger partial charge in [-0.05, 0) is 25.8 Å². The summed E-state index contributed by atoms with van der Waals surface area (Å²) in [7, 11) is 0. The van der Waals surface area contributed by atoms with Crippen LogP contribution in [0.5, 0.6) is 0 Å². The van der Waals surface area contributed by atoms with Crippen LogP contribution in [-0.2, 0) is 4.79 Å². The Labute approximate surface area is 114 Å². The largest absolute Gasteiger partial charge is 0.477 e. The fourth-order valence-corrected chi connectivity index (χ4v) is 3.83. The zero-order chi connectivity index (χ0) is 13.1. The van der Waals surface area contributed by atoms with Gasteiger partial charge >= 0.3 is 5.97 Å². The van der Waals surface area contributed by atoms with Crippen molar-refractivity contribution in [2.45, 2.75) is 29.9 Å². The third kappa shape index (κ3) is 3.05. The molecule has 1 unspecified atom stereocenters. The molecule has 1 amide bonds. The summed E-state index contributed by atoms with van der Waals surface area (Å²) in [5.41, 5.74) is 0. The van der Waals surface area contributed by atoms with Gasteiger partial charge in [0, 0.05) is 23.4 Å². The molecule has 0 radical (unpaired) electrons. The second-order valence-electron chi connectivity index (χ2n) is 4.24. The fraction of sp³-hybridized carbons (Fsp3) is 0.500. The molecule has 18 heavy (non-hydrogen) atoms. The number of carbonyl (C=O) groups excluding carboxylic acids is 1. The maximum atomic E-state index is 12.1. The van der Waals surface area contributed by atoms with Gasteiger partial charge < -0.3 is 10.0 Å². The number of likely N-dealkylation sites (tertiary alicyclic amines) is 1. The van der Waals surface area contributed by atoms with Gasteiger partial charge in [-0.1, -0.05) is 0 Å². The average molecular weight is 285 g/mol. The van der Waals surface area contributed by atoms with Crippen LogP contribution in [0.1, 0.15) is 29.4 Å². The lowest BCUT2D eigenvalue weighted by Gasteiger charge is -2.19. The topological polar surface area (TPSA) is 57.6 Å². The molecule has 1 aliphatic rings. The summed E-state index contributed by atoms with van der Waals surface area (Å²) in [5.74, 6) is -0.758. The molecule has 1 aromatic rings. The molecular weight excluding hydrogens is 270 g/mol. The number of thiophene rings is 1. The van der Waals surface area contributed by atoms with Crippen molar-refractivity contribution < 1.29 is 14.7 Å². The van der Waals surface area contributed by atoms with Gasteiger partial charge in [-0.2, -0.15) is 0 Å². The van der Waals surface area contributed by atoms with E-state index in [1.165, 1.54) is 23.1 Å². The monoisotopic (exact) mass is 285 g/mol. The lowest BCUT2D eigenvalue weighted by Crippen LogP contribution is -2.33. The van der Waals surface area contributed by atoms with Crippen molar-refractivity contribution in [1.82, 2.24) is 4.90 Å². The quantitative estimate of drug-likeness (QED) is 0.864. The molecule has 1 aromatic heterocycles. The van der Waals surface area contributed by atoms with Crippen LogP contribution >= 0.6 is 23.1 Å². The van der Waals surface area contributed by atoms with Gasteiger partial charge in [-0.25, -0.2) is 4.79 Å². The summed E-state index contributed by atoms with van der Waals surface area (Å²) in [5, 5.41) is 10.5. The van der Waals surface area contributed by atoms with Crippen LogP contribution in [0.4, 0.5) is 0 Å². The Morgan fingerprint density at radius 2 is 2.11 bits per heavy atom. The minimum Gasteiger partial charge on any atom is -0.477 e. The minimum absolute atomic E-state index is 0.153. The second kappa shape index (κ2) is 5.75. The number of carboxylic acids is 1. The predicted molar refractivity (Wildman–Crippen MR) is 72.4 cm³/mol. The molecule has 2 heterocycles. The molecule has 0 aromatic carbocycles. The third-order valence-corrected chi connectivity index (χ3v) is 4.99. The number of thioether (sulfide) groups is 1. The third-order valence-electron chi connectivity index (χ3n) is 2.86. The SMILES string of the molecule is CC(Sc1csc(C(=O)O)c1)C(=O)N1CCCC1. The molecule has 1 N–H and O–H groups in total. The highest BCUT2D eigenvalue weighted by molar-refractivity contribution is 8.00. The standard InChI is InChI=1S/C12H15NO3S2/c1-8(11(14)13-4-2-3-5-13)18-9-6-10(12(15)16)17-7-9/h6-8H,2-5H2,1H3,(H,15,16). The second-order valence-corrected chi connectivity index (χ2v) is 6.57. The Balaban J connectivity index is 1.95. The van der Waals surface area contributed by atoms with E-state index in [0.29, 0.717) is 4.88 Å². The van der Waals surface area contributed by atoms with E-state index in [-0.39, 0.29) is 11.2 Å². The van der Waals surface area contributed by atoms with E-state index in [9.17, 15) is 9.59 Å². The number of aromatic carboxylic acids is 1. The van der Waals surface area contributed by atoms with Gasteiger partial charge in [-0.3, -0.25) is 4.79 Å². The smallest absolute Gasteiger partial charge is 0.345 e. The number of carboxylic acid groups (broad SMARTS) is 1. The van der Waals surface area contributed by atoms with Crippen LogP contribution < -0.4 is 0 Å².